The average molecular weight is 289 g/mol. The number of hydrogen-bond acceptors (Lipinski definition) is 5. The molecule has 2 N–H and O–H groups in total. The average Bonchev–Trinajstić information content (AvgIpc) is 2.37. The molecule has 2 rings (SSSR count). The molecule has 0 atom stereocenters. The van der Waals surface area contributed by atoms with E-state index in [1.54, 1.807) is 0 Å². The highest BCUT2D eigenvalue weighted by molar-refractivity contribution is 5.33. The summed E-state index contributed by atoms with van der Waals surface area (Å²) < 4.78 is 37.0. The lowest BCUT2D eigenvalue weighted by atomic mass is 10.3. The molecule has 0 radical (unpaired) electrons. The summed E-state index contributed by atoms with van der Waals surface area (Å²) in [6.07, 6.45) is -4.14. The molecule has 1 fully saturated rings. The van der Waals surface area contributed by atoms with Crippen molar-refractivity contribution in [2.75, 3.05) is 37.6 Å². The highest BCUT2D eigenvalue weighted by Crippen LogP contribution is 2.19. The minimum absolute atomic E-state index is 0.324. The summed E-state index contributed by atoms with van der Waals surface area (Å²) >= 11 is 0. The third-order valence-corrected chi connectivity index (χ3v) is 3.16. The second-order valence-corrected chi connectivity index (χ2v) is 4.88. The van der Waals surface area contributed by atoms with Crippen LogP contribution in [0, 0.1) is 6.92 Å². The number of rotatable bonds is 3. The van der Waals surface area contributed by atoms with Gasteiger partial charge in [-0.3, -0.25) is 4.90 Å². The van der Waals surface area contributed by atoms with Crippen LogP contribution >= 0.6 is 0 Å². The summed E-state index contributed by atoms with van der Waals surface area (Å²) in [6, 6.07) is 1.81. The van der Waals surface area contributed by atoms with Crippen LogP contribution in [0.3, 0.4) is 0 Å². The molecule has 1 saturated heterocycles. The SMILES string of the molecule is Cc1cc(CN)nc(N2CCN(CC(F)(F)F)CC2)n1. The molecular weight excluding hydrogens is 271 g/mol. The molecular formula is C12H18F3N5. The fraction of sp³-hybridized carbons (Fsp3) is 0.667. The Hall–Kier alpha value is -1.41. The maximum atomic E-state index is 12.3. The summed E-state index contributed by atoms with van der Waals surface area (Å²) in [7, 11) is 0. The molecule has 1 aliphatic rings. The topological polar surface area (TPSA) is 58.3 Å². The predicted molar refractivity (Wildman–Crippen MR) is 69.4 cm³/mol. The van der Waals surface area contributed by atoms with Crippen LogP contribution in [0.15, 0.2) is 6.07 Å². The van der Waals surface area contributed by atoms with Gasteiger partial charge in [-0.15, -0.1) is 0 Å². The number of aromatic nitrogens is 2. The lowest BCUT2D eigenvalue weighted by Crippen LogP contribution is -2.49. The molecule has 1 aliphatic heterocycles. The van der Waals surface area contributed by atoms with E-state index < -0.39 is 12.7 Å². The van der Waals surface area contributed by atoms with Crippen molar-refractivity contribution < 1.29 is 13.2 Å². The number of aryl methyl sites for hydroxylation is 1. The number of halogens is 3. The Labute approximate surface area is 115 Å². The maximum Gasteiger partial charge on any atom is 0.401 e. The van der Waals surface area contributed by atoms with Gasteiger partial charge in [0.2, 0.25) is 5.95 Å². The minimum atomic E-state index is -4.14. The van der Waals surface area contributed by atoms with E-state index in [1.807, 2.05) is 17.9 Å². The third-order valence-electron chi connectivity index (χ3n) is 3.16. The zero-order valence-corrected chi connectivity index (χ0v) is 11.3. The fourth-order valence-electron chi connectivity index (χ4n) is 2.22. The Morgan fingerprint density at radius 1 is 1.20 bits per heavy atom. The molecule has 0 aliphatic carbocycles. The van der Waals surface area contributed by atoms with Crippen LogP contribution < -0.4 is 10.6 Å². The van der Waals surface area contributed by atoms with Crippen molar-refractivity contribution in [3.05, 3.63) is 17.5 Å². The maximum absolute atomic E-state index is 12.3. The zero-order chi connectivity index (χ0) is 14.8. The normalized spacial score (nSPS) is 17.6. The molecule has 5 nitrogen and oxygen atoms in total. The Morgan fingerprint density at radius 2 is 1.85 bits per heavy atom. The molecule has 0 unspecified atom stereocenters. The monoisotopic (exact) mass is 289 g/mol. The highest BCUT2D eigenvalue weighted by Gasteiger charge is 2.32. The van der Waals surface area contributed by atoms with Gasteiger partial charge in [0, 0.05) is 38.4 Å². The number of alkyl halides is 3. The summed E-state index contributed by atoms with van der Waals surface area (Å²) in [5, 5.41) is 0. The van der Waals surface area contributed by atoms with Crippen LogP contribution in [0.2, 0.25) is 0 Å². The van der Waals surface area contributed by atoms with Crippen LogP contribution in [0.25, 0.3) is 0 Å². The van der Waals surface area contributed by atoms with Crippen LogP contribution in [0.4, 0.5) is 19.1 Å². The van der Waals surface area contributed by atoms with Crippen molar-refractivity contribution in [1.82, 2.24) is 14.9 Å². The molecule has 0 bridgehead atoms. The standard InChI is InChI=1S/C12H18F3N5/c1-9-6-10(7-16)18-11(17-9)20-4-2-19(3-5-20)8-12(13,14)15/h6H,2-5,7-8,16H2,1H3. The highest BCUT2D eigenvalue weighted by atomic mass is 19.4. The molecule has 2 heterocycles. The second-order valence-electron chi connectivity index (χ2n) is 4.88. The van der Waals surface area contributed by atoms with Crippen LogP contribution in [0.1, 0.15) is 11.4 Å². The van der Waals surface area contributed by atoms with Gasteiger partial charge in [-0.05, 0) is 13.0 Å². The molecule has 1 aromatic rings. The number of nitrogens with zero attached hydrogens (tertiary/aromatic N) is 4. The van der Waals surface area contributed by atoms with Gasteiger partial charge >= 0.3 is 6.18 Å². The van der Waals surface area contributed by atoms with Crippen LogP contribution in [-0.2, 0) is 6.54 Å². The van der Waals surface area contributed by atoms with Gasteiger partial charge in [0.15, 0.2) is 0 Å². The molecule has 20 heavy (non-hydrogen) atoms. The lowest BCUT2D eigenvalue weighted by Gasteiger charge is -2.35. The van der Waals surface area contributed by atoms with Crippen LogP contribution in [0.5, 0.6) is 0 Å². The van der Waals surface area contributed by atoms with E-state index >= 15 is 0 Å². The van der Waals surface area contributed by atoms with Crippen molar-refractivity contribution in [2.45, 2.75) is 19.6 Å². The van der Waals surface area contributed by atoms with E-state index in [0.29, 0.717) is 38.7 Å². The van der Waals surface area contributed by atoms with Crippen molar-refractivity contribution >= 4 is 5.95 Å². The van der Waals surface area contributed by atoms with Gasteiger partial charge in [0.25, 0.3) is 0 Å². The van der Waals surface area contributed by atoms with Gasteiger partial charge in [0.05, 0.1) is 12.2 Å². The summed E-state index contributed by atoms with van der Waals surface area (Å²) in [5.74, 6) is 0.553. The first-order valence-electron chi connectivity index (χ1n) is 6.46. The van der Waals surface area contributed by atoms with Crippen molar-refractivity contribution in [3.8, 4) is 0 Å². The first-order valence-corrected chi connectivity index (χ1v) is 6.46. The largest absolute Gasteiger partial charge is 0.401 e. The summed E-state index contributed by atoms with van der Waals surface area (Å²) in [5.41, 5.74) is 7.12. The first-order chi connectivity index (χ1) is 9.37. The predicted octanol–water partition coefficient (Wildman–Crippen LogP) is 0.928. The molecule has 112 valence electrons. The lowest BCUT2D eigenvalue weighted by molar-refractivity contribution is -0.146. The summed E-state index contributed by atoms with van der Waals surface area (Å²) in [6.45, 7) is 3.01. The molecule has 0 aromatic carbocycles. The van der Waals surface area contributed by atoms with Crippen molar-refractivity contribution in [3.63, 3.8) is 0 Å². The second kappa shape index (κ2) is 5.92. The zero-order valence-electron chi connectivity index (χ0n) is 11.3. The Bertz CT molecular complexity index is 455. The number of hydrogen-bond donors (Lipinski definition) is 1. The van der Waals surface area contributed by atoms with E-state index in [-0.39, 0.29) is 0 Å². The van der Waals surface area contributed by atoms with Gasteiger partial charge in [-0.2, -0.15) is 13.2 Å². The van der Waals surface area contributed by atoms with E-state index in [4.69, 9.17) is 5.73 Å². The van der Waals surface area contributed by atoms with E-state index in [2.05, 4.69) is 9.97 Å². The summed E-state index contributed by atoms with van der Waals surface area (Å²) in [4.78, 5) is 11.9. The van der Waals surface area contributed by atoms with Gasteiger partial charge in [0.1, 0.15) is 0 Å². The van der Waals surface area contributed by atoms with Gasteiger partial charge in [-0.1, -0.05) is 0 Å². The smallest absolute Gasteiger partial charge is 0.338 e. The number of piperazine rings is 1. The van der Waals surface area contributed by atoms with E-state index in [0.717, 1.165) is 11.4 Å². The van der Waals surface area contributed by atoms with Gasteiger partial charge < -0.3 is 10.6 Å². The number of nitrogens with two attached hydrogens (primary N) is 1. The molecule has 0 saturated carbocycles. The molecule has 0 amide bonds. The minimum Gasteiger partial charge on any atom is -0.338 e. The fourth-order valence-corrected chi connectivity index (χ4v) is 2.22. The van der Waals surface area contributed by atoms with Crippen LogP contribution in [-0.4, -0.2) is 53.8 Å². The first kappa shape index (κ1) is 15.0. The quantitative estimate of drug-likeness (QED) is 0.897. The van der Waals surface area contributed by atoms with Crippen molar-refractivity contribution in [1.29, 1.82) is 0 Å². The van der Waals surface area contributed by atoms with E-state index in [9.17, 15) is 13.2 Å². The Morgan fingerprint density at radius 3 is 2.40 bits per heavy atom. The Kier molecular flexibility index (Phi) is 4.44. The van der Waals surface area contributed by atoms with Crippen molar-refractivity contribution in [2.24, 2.45) is 5.73 Å². The molecule has 1 aromatic heterocycles. The van der Waals surface area contributed by atoms with Gasteiger partial charge in [-0.25, -0.2) is 9.97 Å². The molecule has 8 heteroatoms. The van der Waals surface area contributed by atoms with E-state index in [1.165, 1.54) is 4.90 Å². The number of anilines is 1. The Balaban J connectivity index is 1.98. The molecule has 0 spiro atoms. The third kappa shape index (κ3) is 4.04.